The Kier molecular flexibility index (Phi) is 3.00. The molecule has 2 heterocycles. The highest BCUT2D eigenvalue weighted by molar-refractivity contribution is 9.10. The van der Waals surface area contributed by atoms with E-state index in [4.69, 9.17) is 16.3 Å². The van der Waals surface area contributed by atoms with Crippen molar-refractivity contribution in [1.82, 2.24) is 14.5 Å². The minimum absolute atomic E-state index is 0.0701. The number of hydrogen-bond donors (Lipinski definition) is 1. The number of halogens is 1. The summed E-state index contributed by atoms with van der Waals surface area (Å²) in [6.07, 6.45) is 2.89. The molecule has 0 aliphatic heterocycles. The Hall–Kier alpha value is -2.38. The van der Waals surface area contributed by atoms with Crippen LogP contribution in [-0.4, -0.2) is 14.5 Å². The maximum atomic E-state index is 9.07. The fourth-order valence-electron chi connectivity index (χ4n) is 1.44. The quantitative estimate of drug-likeness (QED) is 0.862. The van der Waals surface area contributed by atoms with Crippen LogP contribution < -0.4 is 5.73 Å². The van der Waals surface area contributed by atoms with Gasteiger partial charge in [-0.05, 0) is 28.4 Å². The highest BCUT2D eigenvalue weighted by Gasteiger charge is 2.16. The fourth-order valence-corrected chi connectivity index (χ4v) is 1.97. The van der Waals surface area contributed by atoms with Gasteiger partial charge >= 0.3 is 0 Å². The summed E-state index contributed by atoms with van der Waals surface area (Å²) in [6.45, 7) is 1.83. The number of aromatic nitrogens is 3. The van der Waals surface area contributed by atoms with Crippen LogP contribution in [0.3, 0.4) is 0 Å². The Labute approximate surface area is 111 Å². The van der Waals surface area contributed by atoms with Gasteiger partial charge in [-0.2, -0.15) is 10.5 Å². The number of pyridine rings is 1. The van der Waals surface area contributed by atoms with Gasteiger partial charge in [-0.3, -0.25) is 4.57 Å². The van der Waals surface area contributed by atoms with Crippen LogP contribution in [0.15, 0.2) is 17.0 Å². The van der Waals surface area contributed by atoms with Gasteiger partial charge in [-0.15, -0.1) is 0 Å². The minimum atomic E-state index is 0.0701. The van der Waals surface area contributed by atoms with Crippen molar-refractivity contribution in [3.05, 3.63) is 33.9 Å². The van der Waals surface area contributed by atoms with Gasteiger partial charge < -0.3 is 5.73 Å². The topological polar surface area (TPSA) is 104 Å². The van der Waals surface area contributed by atoms with Gasteiger partial charge in [0.05, 0.1) is 16.4 Å². The maximum absolute atomic E-state index is 9.07. The summed E-state index contributed by atoms with van der Waals surface area (Å²) in [5.41, 5.74) is 7.31. The zero-order valence-corrected chi connectivity index (χ0v) is 10.9. The molecule has 0 saturated heterocycles. The molecule has 6 nitrogen and oxygen atoms in total. The average Bonchev–Trinajstić information content (AvgIpc) is 2.78. The number of imidazole rings is 1. The van der Waals surface area contributed by atoms with Gasteiger partial charge in [-0.1, -0.05) is 0 Å². The number of rotatable bonds is 1. The zero-order valence-electron chi connectivity index (χ0n) is 9.35. The molecule has 0 fully saturated rings. The van der Waals surface area contributed by atoms with Gasteiger partial charge in [-0.25, -0.2) is 9.97 Å². The second kappa shape index (κ2) is 4.47. The van der Waals surface area contributed by atoms with Crippen molar-refractivity contribution in [3.8, 4) is 18.0 Å². The molecule has 0 aliphatic carbocycles. The molecule has 0 aliphatic rings. The summed E-state index contributed by atoms with van der Waals surface area (Å²) in [4.78, 5) is 8.02. The molecule has 2 N–H and O–H groups in total. The largest absolute Gasteiger partial charge is 0.397 e. The predicted molar refractivity (Wildman–Crippen MR) is 67.6 cm³/mol. The Morgan fingerprint density at radius 3 is 2.67 bits per heavy atom. The first-order valence-electron chi connectivity index (χ1n) is 4.88. The maximum Gasteiger partial charge on any atom is 0.177 e. The van der Waals surface area contributed by atoms with Crippen LogP contribution in [0.1, 0.15) is 17.0 Å². The molecule has 0 saturated carbocycles. The van der Waals surface area contributed by atoms with E-state index in [2.05, 4.69) is 25.9 Å². The fraction of sp³-hybridized carbons (Fsp3) is 0.0909. The van der Waals surface area contributed by atoms with Crippen molar-refractivity contribution in [1.29, 1.82) is 10.5 Å². The molecule has 0 aromatic carbocycles. The standard InChI is InChI=1S/C11H7BrN6/c1-6-7(15)4-16-11(10(6)12)18-5-17-8(2-13)9(18)3-14/h4-5H,15H2,1H3. The molecule has 2 aromatic heterocycles. The van der Waals surface area contributed by atoms with Crippen molar-refractivity contribution in [3.63, 3.8) is 0 Å². The molecule has 0 spiro atoms. The van der Waals surface area contributed by atoms with Crippen molar-refractivity contribution in [2.24, 2.45) is 0 Å². The third-order valence-corrected chi connectivity index (χ3v) is 3.44. The van der Waals surface area contributed by atoms with E-state index in [9.17, 15) is 0 Å². The molecule has 0 atom stereocenters. The first kappa shape index (κ1) is 12.1. The van der Waals surface area contributed by atoms with Gasteiger partial charge in [0.25, 0.3) is 0 Å². The average molecular weight is 303 g/mol. The summed E-state index contributed by atoms with van der Waals surface area (Å²) in [5, 5.41) is 17.9. The van der Waals surface area contributed by atoms with Gasteiger partial charge in [0.2, 0.25) is 0 Å². The molecule has 2 rings (SSSR count). The van der Waals surface area contributed by atoms with Crippen LogP contribution >= 0.6 is 15.9 Å². The predicted octanol–water partition coefficient (Wildman–Crippen LogP) is 1.66. The Morgan fingerprint density at radius 1 is 1.33 bits per heavy atom. The lowest BCUT2D eigenvalue weighted by molar-refractivity contribution is 0.963. The van der Waals surface area contributed by atoms with Crippen LogP contribution in [0.5, 0.6) is 0 Å². The third kappa shape index (κ3) is 1.71. The Bertz CT molecular complexity index is 704. The van der Waals surface area contributed by atoms with Crippen LogP contribution in [0.25, 0.3) is 5.82 Å². The molecule has 7 heteroatoms. The van der Waals surface area contributed by atoms with Crippen molar-refractivity contribution < 1.29 is 0 Å². The van der Waals surface area contributed by atoms with Crippen molar-refractivity contribution >= 4 is 21.6 Å². The smallest absolute Gasteiger partial charge is 0.177 e. The van der Waals surface area contributed by atoms with Crippen LogP contribution in [0.2, 0.25) is 0 Å². The number of nitrogens with two attached hydrogens (primary N) is 1. The van der Waals surface area contributed by atoms with E-state index in [-0.39, 0.29) is 11.4 Å². The number of nitriles is 2. The molecule has 0 amide bonds. The molecule has 18 heavy (non-hydrogen) atoms. The first-order chi connectivity index (χ1) is 8.60. The molecule has 0 bridgehead atoms. The van der Waals surface area contributed by atoms with E-state index in [1.165, 1.54) is 17.1 Å². The number of nitrogen functional groups attached to an aromatic ring is 1. The minimum Gasteiger partial charge on any atom is -0.397 e. The van der Waals surface area contributed by atoms with Crippen molar-refractivity contribution in [2.45, 2.75) is 6.92 Å². The normalized spacial score (nSPS) is 9.78. The highest BCUT2D eigenvalue weighted by Crippen LogP contribution is 2.27. The summed E-state index contributed by atoms with van der Waals surface area (Å²) in [7, 11) is 0. The molecule has 2 aromatic rings. The van der Waals surface area contributed by atoms with Crippen molar-refractivity contribution in [2.75, 3.05) is 5.73 Å². The Morgan fingerprint density at radius 2 is 2.06 bits per heavy atom. The van der Waals surface area contributed by atoms with Crippen LogP contribution in [0.4, 0.5) is 5.69 Å². The summed E-state index contributed by atoms with van der Waals surface area (Å²) >= 11 is 3.38. The molecular formula is C11H7BrN6. The number of hydrogen-bond acceptors (Lipinski definition) is 5. The molecule has 88 valence electrons. The second-order valence-electron chi connectivity index (χ2n) is 3.51. The molecular weight excluding hydrogens is 296 g/mol. The molecule has 0 unspecified atom stereocenters. The zero-order chi connectivity index (χ0) is 13.3. The Balaban J connectivity index is 2.72. The van der Waals surface area contributed by atoms with Gasteiger partial charge in [0.15, 0.2) is 17.2 Å². The van der Waals surface area contributed by atoms with E-state index in [0.29, 0.717) is 16.0 Å². The summed E-state index contributed by atoms with van der Waals surface area (Å²) in [5.74, 6) is 0.479. The number of anilines is 1. The lowest BCUT2D eigenvalue weighted by Gasteiger charge is -2.09. The third-order valence-electron chi connectivity index (χ3n) is 2.49. The summed E-state index contributed by atoms with van der Waals surface area (Å²) < 4.78 is 2.12. The summed E-state index contributed by atoms with van der Waals surface area (Å²) in [6, 6.07) is 3.80. The highest BCUT2D eigenvalue weighted by atomic mass is 79.9. The number of nitrogens with zero attached hydrogens (tertiary/aromatic N) is 5. The van der Waals surface area contributed by atoms with Gasteiger partial charge in [0.1, 0.15) is 18.5 Å². The monoisotopic (exact) mass is 302 g/mol. The van der Waals surface area contributed by atoms with Crippen LogP contribution in [0, 0.1) is 29.6 Å². The second-order valence-corrected chi connectivity index (χ2v) is 4.30. The lowest BCUT2D eigenvalue weighted by atomic mass is 10.2. The van der Waals surface area contributed by atoms with E-state index in [0.717, 1.165) is 5.56 Å². The lowest BCUT2D eigenvalue weighted by Crippen LogP contribution is -2.04. The molecule has 0 radical (unpaired) electrons. The van der Waals surface area contributed by atoms with E-state index >= 15 is 0 Å². The van der Waals surface area contributed by atoms with E-state index < -0.39 is 0 Å². The SMILES string of the molecule is Cc1c(N)cnc(-n2cnc(C#N)c2C#N)c1Br. The van der Waals surface area contributed by atoms with E-state index in [1.54, 1.807) is 0 Å². The van der Waals surface area contributed by atoms with Gasteiger partial charge in [0, 0.05) is 0 Å². The first-order valence-corrected chi connectivity index (χ1v) is 5.68. The van der Waals surface area contributed by atoms with E-state index in [1.807, 2.05) is 19.1 Å². The van der Waals surface area contributed by atoms with Crippen LogP contribution in [-0.2, 0) is 0 Å².